The molecule has 1 heterocycles. The van der Waals surface area contributed by atoms with Gasteiger partial charge < -0.3 is 19.9 Å². The van der Waals surface area contributed by atoms with Gasteiger partial charge in [-0.05, 0) is 43.9 Å². The molecule has 0 bridgehead atoms. The minimum atomic E-state index is -0.133. The van der Waals surface area contributed by atoms with Crippen LogP contribution in [0.4, 0.5) is 0 Å². The molecule has 116 valence electrons. The topological polar surface area (TPSA) is 50.7 Å². The Kier molecular flexibility index (Phi) is 4.66. The summed E-state index contributed by atoms with van der Waals surface area (Å²) in [5.74, 6) is 2.25. The van der Waals surface area contributed by atoms with Gasteiger partial charge in [0.1, 0.15) is 11.5 Å². The van der Waals surface area contributed by atoms with Crippen LogP contribution in [0.3, 0.4) is 0 Å². The van der Waals surface area contributed by atoms with Gasteiger partial charge >= 0.3 is 0 Å². The van der Waals surface area contributed by atoms with E-state index in [9.17, 15) is 5.11 Å². The summed E-state index contributed by atoms with van der Waals surface area (Å²) in [7, 11) is 0. The van der Waals surface area contributed by atoms with E-state index in [4.69, 9.17) is 9.47 Å². The first-order valence-electron chi connectivity index (χ1n) is 8.09. The normalized spacial score (nSPS) is 28.0. The Morgan fingerprint density at radius 2 is 2.24 bits per heavy atom. The Balaban J connectivity index is 1.68. The predicted octanol–water partition coefficient (Wildman–Crippen LogP) is 2.66. The number of rotatable bonds is 5. The third-order valence-electron chi connectivity index (χ3n) is 4.58. The Hall–Kier alpha value is -1.26. The maximum Gasteiger partial charge on any atom is 0.124 e. The van der Waals surface area contributed by atoms with Gasteiger partial charge in [0.25, 0.3) is 0 Å². The second kappa shape index (κ2) is 6.67. The van der Waals surface area contributed by atoms with E-state index in [1.165, 1.54) is 5.56 Å². The molecule has 1 aliphatic carbocycles. The van der Waals surface area contributed by atoms with E-state index >= 15 is 0 Å². The highest BCUT2D eigenvalue weighted by atomic mass is 16.5. The minimum absolute atomic E-state index is 0.133. The number of ether oxygens (including phenoxy) is 2. The molecule has 3 unspecified atom stereocenters. The van der Waals surface area contributed by atoms with Crippen molar-refractivity contribution in [1.82, 2.24) is 5.32 Å². The summed E-state index contributed by atoms with van der Waals surface area (Å²) in [6.07, 6.45) is 4.05. The molecule has 21 heavy (non-hydrogen) atoms. The van der Waals surface area contributed by atoms with E-state index in [0.717, 1.165) is 50.3 Å². The summed E-state index contributed by atoms with van der Waals surface area (Å²) >= 11 is 0. The van der Waals surface area contributed by atoms with Crippen molar-refractivity contribution >= 4 is 0 Å². The number of aliphatic hydroxyl groups excluding tert-OH is 1. The van der Waals surface area contributed by atoms with E-state index in [1.54, 1.807) is 0 Å². The first-order valence-corrected chi connectivity index (χ1v) is 8.09. The van der Waals surface area contributed by atoms with Gasteiger partial charge in [-0.3, -0.25) is 0 Å². The monoisotopic (exact) mass is 291 g/mol. The van der Waals surface area contributed by atoms with Crippen molar-refractivity contribution in [3.8, 4) is 11.5 Å². The second-order valence-corrected chi connectivity index (χ2v) is 5.99. The van der Waals surface area contributed by atoms with Crippen LogP contribution < -0.4 is 14.8 Å². The zero-order chi connectivity index (χ0) is 14.7. The molecule has 4 heteroatoms. The third kappa shape index (κ3) is 3.33. The molecule has 0 spiro atoms. The summed E-state index contributed by atoms with van der Waals surface area (Å²) in [6, 6.07) is 6.34. The highest BCUT2D eigenvalue weighted by Crippen LogP contribution is 2.35. The van der Waals surface area contributed by atoms with Crippen molar-refractivity contribution in [2.75, 3.05) is 19.8 Å². The quantitative estimate of drug-likeness (QED) is 0.875. The van der Waals surface area contributed by atoms with Crippen molar-refractivity contribution in [2.24, 2.45) is 5.92 Å². The summed E-state index contributed by atoms with van der Waals surface area (Å²) < 4.78 is 11.3. The van der Waals surface area contributed by atoms with Crippen molar-refractivity contribution in [2.45, 2.75) is 44.8 Å². The van der Waals surface area contributed by atoms with Gasteiger partial charge in [-0.1, -0.05) is 6.42 Å². The van der Waals surface area contributed by atoms with Gasteiger partial charge in [0.05, 0.1) is 19.3 Å². The number of aliphatic hydroxyl groups is 1. The zero-order valence-electron chi connectivity index (χ0n) is 12.7. The second-order valence-electron chi connectivity index (χ2n) is 5.99. The fraction of sp³-hybridized carbons (Fsp3) is 0.647. The Morgan fingerprint density at radius 3 is 3.00 bits per heavy atom. The average Bonchev–Trinajstić information content (AvgIpc) is 2.91. The first-order chi connectivity index (χ1) is 10.3. The Bertz CT molecular complexity index is 477. The summed E-state index contributed by atoms with van der Waals surface area (Å²) in [5, 5.41) is 13.6. The van der Waals surface area contributed by atoms with Gasteiger partial charge in [-0.15, -0.1) is 0 Å². The lowest BCUT2D eigenvalue weighted by Gasteiger charge is -2.28. The van der Waals surface area contributed by atoms with Crippen LogP contribution in [-0.2, 0) is 0 Å². The van der Waals surface area contributed by atoms with E-state index in [-0.39, 0.29) is 6.10 Å². The molecule has 1 aromatic carbocycles. The lowest BCUT2D eigenvalue weighted by Crippen LogP contribution is -2.33. The van der Waals surface area contributed by atoms with Crippen LogP contribution >= 0.6 is 0 Å². The fourth-order valence-electron chi connectivity index (χ4n) is 3.39. The molecule has 0 radical (unpaired) electrons. The van der Waals surface area contributed by atoms with Gasteiger partial charge in [0.2, 0.25) is 0 Å². The van der Waals surface area contributed by atoms with E-state index in [1.807, 2.05) is 19.1 Å². The van der Waals surface area contributed by atoms with Crippen LogP contribution in [0.2, 0.25) is 0 Å². The SMILES string of the molecule is CCOc1ccc2c(c1)C(NCC1CCCC1O)CCO2. The molecule has 2 aliphatic rings. The number of hydrogen-bond donors (Lipinski definition) is 2. The number of hydrogen-bond acceptors (Lipinski definition) is 4. The van der Waals surface area contributed by atoms with Crippen molar-refractivity contribution < 1.29 is 14.6 Å². The lowest BCUT2D eigenvalue weighted by molar-refractivity contribution is 0.128. The van der Waals surface area contributed by atoms with Crippen molar-refractivity contribution in [3.05, 3.63) is 23.8 Å². The first kappa shape index (κ1) is 14.7. The van der Waals surface area contributed by atoms with Crippen LogP contribution in [0.5, 0.6) is 11.5 Å². The molecular formula is C17H25NO3. The van der Waals surface area contributed by atoms with Crippen LogP contribution in [0.15, 0.2) is 18.2 Å². The molecular weight excluding hydrogens is 266 g/mol. The molecule has 3 atom stereocenters. The van der Waals surface area contributed by atoms with Gasteiger partial charge in [0.15, 0.2) is 0 Å². The van der Waals surface area contributed by atoms with Gasteiger partial charge in [-0.2, -0.15) is 0 Å². The molecule has 2 N–H and O–H groups in total. The van der Waals surface area contributed by atoms with Crippen LogP contribution in [-0.4, -0.2) is 31.0 Å². The lowest BCUT2D eigenvalue weighted by atomic mass is 9.98. The maximum absolute atomic E-state index is 9.94. The van der Waals surface area contributed by atoms with E-state index < -0.39 is 0 Å². The fourth-order valence-corrected chi connectivity index (χ4v) is 3.39. The van der Waals surface area contributed by atoms with Crippen molar-refractivity contribution in [3.63, 3.8) is 0 Å². The van der Waals surface area contributed by atoms with Gasteiger partial charge in [-0.25, -0.2) is 0 Å². The van der Waals surface area contributed by atoms with Crippen LogP contribution in [0, 0.1) is 5.92 Å². The van der Waals surface area contributed by atoms with Crippen molar-refractivity contribution in [1.29, 1.82) is 0 Å². The molecule has 4 nitrogen and oxygen atoms in total. The Labute approximate surface area is 126 Å². The highest BCUT2D eigenvalue weighted by molar-refractivity contribution is 5.43. The molecule has 0 amide bonds. The van der Waals surface area contributed by atoms with E-state index in [0.29, 0.717) is 18.6 Å². The van der Waals surface area contributed by atoms with Gasteiger partial charge in [0, 0.05) is 24.6 Å². The highest BCUT2D eigenvalue weighted by Gasteiger charge is 2.27. The zero-order valence-corrected chi connectivity index (χ0v) is 12.7. The smallest absolute Gasteiger partial charge is 0.124 e. The molecule has 0 saturated heterocycles. The van der Waals surface area contributed by atoms with Crippen LogP contribution in [0.1, 0.15) is 44.2 Å². The summed E-state index contributed by atoms with van der Waals surface area (Å²) in [4.78, 5) is 0. The Morgan fingerprint density at radius 1 is 1.33 bits per heavy atom. The molecule has 1 aromatic rings. The largest absolute Gasteiger partial charge is 0.494 e. The van der Waals surface area contributed by atoms with Crippen LogP contribution in [0.25, 0.3) is 0 Å². The maximum atomic E-state index is 9.94. The summed E-state index contributed by atoms with van der Waals surface area (Å²) in [6.45, 7) is 4.29. The average molecular weight is 291 g/mol. The molecule has 1 aliphatic heterocycles. The molecule has 0 aromatic heterocycles. The minimum Gasteiger partial charge on any atom is -0.494 e. The number of benzene rings is 1. The molecule has 1 saturated carbocycles. The van der Waals surface area contributed by atoms with E-state index in [2.05, 4.69) is 11.4 Å². The molecule has 1 fully saturated rings. The third-order valence-corrected chi connectivity index (χ3v) is 4.58. The predicted molar refractivity (Wildman–Crippen MR) is 81.8 cm³/mol. The standard InChI is InChI=1S/C17H25NO3/c1-2-20-13-6-7-17-14(10-13)15(8-9-21-17)18-11-12-4-3-5-16(12)19/h6-7,10,12,15-16,18-19H,2-5,8-9,11H2,1H3. The molecule has 3 rings (SSSR count). The number of nitrogens with one attached hydrogen (secondary N) is 1. The number of fused-ring (bicyclic) bond motifs is 1. The summed E-state index contributed by atoms with van der Waals surface area (Å²) in [5.41, 5.74) is 1.18.